The van der Waals surface area contributed by atoms with E-state index in [1.54, 1.807) is 14.2 Å². The van der Waals surface area contributed by atoms with Gasteiger partial charge < -0.3 is 19.8 Å². The lowest BCUT2D eigenvalue weighted by atomic mass is 9.87. The molecule has 0 atom stereocenters. The van der Waals surface area contributed by atoms with Crippen LogP contribution in [0.2, 0.25) is 0 Å². The van der Waals surface area contributed by atoms with Gasteiger partial charge in [-0.05, 0) is 55.9 Å². The van der Waals surface area contributed by atoms with Gasteiger partial charge in [0.1, 0.15) is 17.2 Å². The number of ether oxygens (including phenoxy) is 2. The summed E-state index contributed by atoms with van der Waals surface area (Å²) in [6.07, 6.45) is 4.32. The van der Waals surface area contributed by atoms with Crippen molar-refractivity contribution >= 4 is 27.7 Å². The van der Waals surface area contributed by atoms with Gasteiger partial charge in [0.2, 0.25) is 0 Å². The Balaban J connectivity index is 1.64. The number of methoxy groups -OCH3 is 2. The van der Waals surface area contributed by atoms with Crippen molar-refractivity contribution in [2.75, 3.05) is 14.2 Å². The van der Waals surface area contributed by atoms with Gasteiger partial charge in [0.25, 0.3) is 5.91 Å². The number of pyridine rings is 1. The first kappa shape index (κ1) is 21.3. The normalized spacial score (nSPS) is 18.4. The molecule has 1 amide bonds. The van der Waals surface area contributed by atoms with E-state index < -0.39 is 0 Å². The van der Waals surface area contributed by atoms with Crippen molar-refractivity contribution < 1.29 is 14.3 Å². The molecule has 0 saturated heterocycles. The minimum absolute atomic E-state index is 0.129. The molecule has 0 bridgehead atoms. The first-order chi connectivity index (χ1) is 16.1. The average molecular weight is 444 g/mol. The number of aromatic amines is 1. The molecular weight excluding hydrogens is 414 g/mol. The first-order valence-electron chi connectivity index (χ1n) is 11.5. The van der Waals surface area contributed by atoms with Gasteiger partial charge in [0, 0.05) is 34.0 Å². The van der Waals surface area contributed by atoms with Gasteiger partial charge in [-0.1, -0.05) is 25.1 Å². The summed E-state index contributed by atoms with van der Waals surface area (Å²) < 4.78 is 11.0. The number of hydrogen-bond donors (Lipinski definition) is 2. The first-order valence-corrected chi connectivity index (χ1v) is 11.5. The molecule has 0 unspecified atom stereocenters. The van der Waals surface area contributed by atoms with E-state index in [0.29, 0.717) is 22.9 Å². The third-order valence-corrected chi connectivity index (χ3v) is 6.74. The van der Waals surface area contributed by atoms with Crippen LogP contribution >= 0.6 is 0 Å². The number of nitrogens with one attached hydrogen (secondary N) is 2. The fourth-order valence-electron chi connectivity index (χ4n) is 4.81. The highest BCUT2D eigenvalue weighted by molar-refractivity contribution is 6.13. The Morgan fingerprint density at radius 1 is 1.00 bits per heavy atom. The summed E-state index contributed by atoms with van der Waals surface area (Å²) in [6.45, 7) is 2.28. The lowest BCUT2D eigenvalue weighted by Crippen LogP contribution is -2.37. The van der Waals surface area contributed by atoms with Gasteiger partial charge in [-0.2, -0.15) is 0 Å². The number of benzene rings is 2. The van der Waals surface area contributed by atoms with Crippen LogP contribution in [-0.2, 0) is 0 Å². The molecule has 0 spiro atoms. The monoisotopic (exact) mass is 443 g/mol. The van der Waals surface area contributed by atoms with Crippen LogP contribution in [0, 0.1) is 5.92 Å². The summed E-state index contributed by atoms with van der Waals surface area (Å²) in [5.41, 5.74) is 3.78. The van der Waals surface area contributed by atoms with Gasteiger partial charge in [-0.15, -0.1) is 0 Å². The Kier molecular flexibility index (Phi) is 5.67. The lowest BCUT2D eigenvalue weighted by Gasteiger charge is -2.26. The van der Waals surface area contributed by atoms with E-state index in [9.17, 15) is 4.79 Å². The fourth-order valence-corrected chi connectivity index (χ4v) is 4.81. The lowest BCUT2D eigenvalue weighted by molar-refractivity contribution is 0.0918. The van der Waals surface area contributed by atoms with E-state index in [0.717, 1.165) is 59.0 Å². The standard InChI is InChI=1S/C27H29N3O3/c1-16-8-10-17(11-9-16)28-27(31)23-15-21-19-6-4-5-7-22(19)29-26(21)25(30-23)20-13-12-18(32-2)14-24(20)33-3/h4-7,12-17,29H,8-11H2,1-3H3,(H,28,31). The third-order valence-electron chi connectivity index (χ3n) is 6.74. The molecule has 1 saturated carbocycles. The second kappa shape index (κ2) is 8.77. The summed E-state index contributed by atoms with van der Waals surface area (Å²) in [7, 11) is 3.25. The van der Waals surface area contributed by atoms with E-state index in [2.05, 4.69) is 23.3 Å². The number of hydrogen-bond acceptors (Lipinski definition) is 4. The quantitative estimate of drug-likeness (QED) is 0.414. The summed E-state index contributed by atoms with van der Waals surface area (Å²) in [5.74, 6) is 1.94. The number of aromatic nitrogens is 2. The van der Waals surface area contributed by atoms with E-state index >= 15 is 0 Å². The summed E-state index contributed by atoms with van der Waals surface area (Å²) >= 11 is 0. The summed E-state index contributed by atoms with van der Waals surface area (Å²) in [5, 5.41) is 5.25. The zero-order valence-corrected chi connectivity index (χ0v) is 19.3. The predicted octanol–water partition coefficient (Wildman–Crippen LogP) is 5.71. The van der Waals surface area contributed by atoms with Crippen molar-refractivity contribution in [2.45, 2.75) is 38.6 Å². The minimum atomic E-state index is -0.129. The van der Waals surface area contributed by atoms with Crippen molar-refractivity contribution in [2.24, 2.45) is 5.92 Å². The molecule has 2 aromatic heterocycles. The van der Waals surface area contributed by atoms with Gasteiger partial charge in [0.15, 0.2) is 0 Å². The highest BCUT2D eigenvalue weighted by atomic mass is 16.5. The average Bonchev–Trinajstić information content (AvgIpc) is 3.23. The maximum atomic E-state index is 13.3. The Morgan fingerprint density at radius 2 is 1.79 bits per heavy atom. The highest BCUT2D eigenvalue weighted by Gasteiger charge is 2.23. The van der Waals surface area contributed by atoms with Gasteiger partial charge >= 0.3 is 0 Å². The number of carbonyl (C=O) groups excluding carboxylic acids is 1. The topological polar surface area (TPSA) is 76.2 Å². The van der Waals surface area contributed by atoms with Crippen LogP contribution in [0.15, 0.2) is 48.5 Å². The molecular formula is C27H29N3O3. The number of fused-ring (bicyclic) bond motifs is 3. The molecule has 33 heavy (non-hydrogen) atoms. The predicted molar refractivity (Wildman–Crippen MR) is 131 cm³/mol. The maximum absolute atomic E-state index is 13.3. The van der Waals surface area contributed by atoms with Crippen LogP contribution in [0.25, 0.3) is 33.1 Å². The Hall–Kier alpha value is -3.54. The SMILES string of the molecule is COc1ccc(-c2nc(C(=O)NC3CCC(C)CC3)cc3c2[nH]c2ccccc23)c(OC)c1. The molecule has 0 aliphatic heterocycles. The Bertz CT molecular complexity index is 1320. The van der Waals surface area contributed by atoms with Crippen LogP contribution < -0.4 is 14.8 Å². The Labute approximate surface area is 193 Å². The number of rotatable bonds is 5. The zero-order chi connectivity index (χ0) is 22.9. The molecule has 1 aliphatic rings. The van der Waals surface area contributed by atoms with Gasteiger partial charge in [-0.25, -0.2) is 4.98 Å². The van der Waals surface area contributed by atoms with Crippen LogP contribution in [0.5, 0.6) is 11.5 Å². The third kappa shape index (κ3) is 4.01. The van der Waals surface area contributed by atoms with Crippen molar-refractivity contribution in [3.8, 4) is 22.8 Å². The van der Waals surface area contributed by atoms with Crippen LogP contribution in [0.3, 0.4) is 0 Å². The number of nitrogens with zero attached hydrogens (tertiary/aromatic N) is 1. The molecule has 5 rings (SSSR count). The number of carbonyl (C=O) groups is 1. The van der Waals surface area contributed by atoms with Crippen molar-refractivity contribution in [1.29, 1.82) is 0 Å². The fraction of sp³-hybridized carbons (Fsp3) is 0.333. The van der Waals surface area contributed by atoms with Crippen LogP contribution in [0.1, 0.15) is 43.1 Å². The second-order valence-corrected chi connectivity index (χ2v) is 8.95. The molecule has 2 heterocycles. The minimum Gasteiger partial charge on any atom is -0.497 e. The second-order valence-electron chi connectivity index (χ2n) is 8.95. The van der Waals surface area contributed by atoms with Crippen LogP contribution in [-0.4, -0.2) is 36.1 Å². The summed E-state index contributed by atoms with van der Waals surface area (Å²) in [4.78, 5) is 21.6. The molecule has 0 radical (unpaired) electrons. The Morgan fingerprint density at radius 3 is 2.55 bits per heavy atom. The molecule has 1 aliphatic carbocycles. The number of para-hydroxylation sites is 1. The number of H-pyrrole nitrogens is 1. The van der Waals surface area contributed by atoms with E-state index in [1.807, 2.05) is 42.5 Å². The molecule has 2 N–H and O–H groups in total. The molecule has 6 heteroatoms. The smallest absolute Gasteiger partial charge is 0.270 e. The maximum Gasteiger partial charge on any atom is 0.270 e. The molecule has 2 aromatic carbocycles. The molecule has 170 valence electrons. The summed E-state index contributed by atoms with van der Waals surface area (Å²) in [6, 6.07) is 15.8. The highest BCUT2D eigenvalue weighted by Crippen LogP contribution is 2.38. The van der Waals surface area contributed by atoms with Gasteiger partial charge in [-0.3, -0.25) is 4.79 Å². The zero-order valence-electron chi connectivity index (χ0n) is 19.3. The molecule has 6 nitrogen and oxygen atoms in total. The molecule has 4 aromatic rings. The van der Waals surface area contributed by atoms with Gasteiger partial charge in [0.05, 0.1) is 25.4 Å². The van der Waals surface area contributed by atoms with Crippen molar-refractivity contribution in [1.82, 2.24) is 15.3 Å². The van der Waals surface area contributed by atoms with E-state index in [1.165, 1.54) is 0 Å². The van der Waals surface area contributed by atoms with E-state index in [4.69, 9.17) is 14.5 Å². The molecule has 1 fully saturated rings. The van der Waals surface area contributed by atoms with Crippen molar-refractivity contribution in [3.63, 3.8) is 0 Å². The number of amides is 1. The van der Waals surface area contributed by atoms with Crippen LogP contribution in [0.4, 0.5) is 0 Å². The van der Waals surface area contributed by atoms with Crippen molar-refractivity contribution in [3.05, 3.63) is 54.2 Å². The largest absolute Gasteiger partial charge is 0.497 e. The van der Waals surface area contributed by atoms with E-state index in [-0.39, 0.29) is 11.9 Å².